The van der Waals surface area contributed by atoms with E-state index in [4.69, 9.17) is 21.3 Å². The van der Waals surface area contributed by atoms with Gasteiger partial charge in [-0.15, -0.1) is 0 Å². The highest BCUT2D eigenvalue weighted by Crippen LogP contribution is 2.32. The van der Waals surface area contributed by atoms with Gasteiger partial charge in [-0.05, 0) is 42.5 Å². The lowest BCUT2D eigenvalue weighted by Crippen LogP contribution is -2.33. The molecule has 31 heavy (non-hydrogen) atoms. The molecule has 0 fully saturated rings. The molecule has 0 unspecified atom stereocenters. The summed E-state index contributed by atoms with van der Waals surface area (Å²) in [6.45, 7) is 2.34. The quantitative estimate of drug-likeness (QED) is 0.517. The molecule has 2 aromatic heterocycles. The molecule has 0 aliphatic carbocycles. The molecule has 0 bridgehead atoms. The van der Waals surface area contributed by atoms with E-state index in [-0.39, 0.29) is 5.91 Å². The van der Waals surface area contributed by atoms with Crippen molar-refractivity contribution in [3.05, 3.63) is 77.3 Å². The molecule has 1 aliphatic rings. The van der Waals surface area contributed by atoms with Gasteiger partial charge in [0, 0.05) is 42.3 Å². The zero-order valence-corrected chi connectivity index (χ0v) is 17.6. The second-order valence-corrected chi connectivity index (χ2v) is 7.75. The number of carbonyl (C=O) groups is 1. The number of hydrogen-bond acceptors (Lipinski definition) is 5. The van der Waals surface area contributed by atoms with Crippen LogP contribution >= 0.6 is 11.6 Å². The highest BCUT2D eigenvalue weighted by Gasteiger charge is 2.21. The minimum Gasteiger partial charge on any atom is -0.494 e. The molecule has 7 nitrogen and oxygen atoms in total. The number of halogens is 1. The van der Waals surface area contributed by atoms with Gasteiger partial charge in [-0.2, -0.15) is 0 Å². The van der Waals surface area contributed by atoms with Crippen LogP contribution in [0, 0.1) is 0 Å². The van der Waals surface area contributed by atoms with Gasteiger partial charge in [-0.3, -0.25) is 9.78 Å². The van der Waals surface area contributed by atoms with E-state index < -0.39 is 0 Å². The molecule has 1 N–H and O–H groups in total. The molecule has 0 spiro atoms. The third-order valence-electron chi connectivity index (χ3n) is 5.44. The number of aromatic nitrogens is 3. The average molecular weight is 434 g/mol. The van der Waals surface area contributed by atoms with Crippen LogP contribution in [0.4, 0.5) is 11.4 Å². The van der Waals surface area contributed by atoms with Crippen LogP contribution in [0.1, 0.15) is 16.2 Å². The molecule has 0 saturated carbocycles. The number of fused-ring (bicyclic) bond motifs is 3. The van der Waals surface area contributed by atoms with Crippen molar-refractivity contribution in [3.8, 4) is 5.75 Å². The normalized spacial score (nSPS) is 13.2. The second-order valence-electron chi connectivity index (χ2n) is 7.31. The number of amides is 1. The summed E-state index contributed by atoms with van der Waals surface area (Å²) in [5, 5.41) is 3.58. The summed E-state index contributed by atoms with van der Waals surface area (Å²) < 4.78 is 7.79. The van der Waals surface area contributed by atoms with Crippen LogP contribution < -0.4 is 15.0 Å². The van der Waals surface area contributed by atoms with Gasteiger partial charge in [-0.25, -0.2) is 4.98 Å². The Morgan fingerprint density at radius 2 is 2.06 bits per heavy atom. The van der Waals surface area contributed by atoms with Crippen molar-refractivity contribution in [2.45, 2.75) is 13.1 Å². The number of pyridine rings is 1. The first-order chi connectivity index (χ1) is 15.1. The lowest BCUT2D eigenvalue weighted by molar-refractivity contribution is 0.102. The van der Waals surface area contributed by atoms with E-state index in [1.165, 1.54) is 6.20 Å². The van der Waals surface area contributed by atoms with Crippen LogP contribution in [0.5, 0.6) is 5.75 Å². The number of ether oxygens (including phenoxy) is 1. The minimum atomic E-state index is -0.232. The summed E-state index contributed by atoms with van der Waals surface area (Å²) in [5.41, 5.74) is 4.12. The van der Waals surface area contributed by atoms with Gasteiger partial charge in [0.25, 0.3) is 5.91 Å². The van der Waals surface area contributed by atoms with Gasteiger partial charge in [0.15, 0.2) is 0 Å². The molecule has 1 amide bonds. The second kappa shape index (κ2) is 7.92. The Balaban J connectivity index is 1.39. The maximum Gasteiger partial charge on any atom is 0.257 e. The van der Waals surface area contributed by atoms with Gasteiger partial charge >= 0.3 is 0 Å². The fourth-order valence-electron chi connectivity index (χ4n) is 3.89. The Labute approximate surface area is 184 Å². The fourth-order valence-corrected chi connectivity index (χ4v) is 4.05. The highest BCUT2D eigenvalue weighted by atomic mass is 35.5. The smallest absolute Gasteiger partial charge is 0.257 e. The SMILES string of the molecule is COc1cc(N2CCn3c(nc4cc(Cl)ccc43)C2)ccc1NC(=O)c1cccnc1. The molecule has 8 heteroatoms. The number of anilines is 2. The lowest BCUT2D eigenvalue weighted by atomic mass is 10.2. The predicted octanol–water partition coefficient (Wildman–Crippen LogP) is 4.37. The van der Waals surface area contributed by atoms with E-state index in [0.717, 1.165) is 35.6 Å². The average Bonchev–Trinajstić information content (AvgIpc) is 3.16. The van der Waals surface area contributed by atoms with Gasteiger partial charge in [-0.1, -0.05) is 11.6 Å². The number of rotatable bonds is 4. The summed E-state index contributed by atoms with van der Waals surface area (Å²) in [4.78, 5) is 23.5. The Hall–Kier alpha value is -3.58. The van der Waals surface area contributed by atoms with E-state index in [1.54, 1.807) is 25.4 Å². The third kappa shape index (κ3) is 3.68. The van der Waals surface area contributed by atoms with Crippen molar-refractivity contribution in [2.75, 3.05) is 23.9 Å². The van der Waals surface area contributed by atoms with Crippen LogP contribution in [0.25, 0.3) is 11.0 Å². The van der Waals surface area contributed by atoms with Crippen LogP contribution in [0.3, 0.4) is 0 Å². The minimum absolute atomic E-state index is 0.232. The molecule has 156 valence electrons. The van der Waals surface area contributed by atoms with Crippen molar-refractivity contribution >= 4 is 39.9 Å². The Bertz CT molecular complexity index is 1270. The molecule has 2 aromatic carbocycles. The maximum absolute atomic E-state index is 12.5. The number of hydrogen-bond donors (Lipinski definition) is 1. The number of nitrogens with one attached hydrogen (secondary N) is 1. The predicted molar refractivity (Wildman–Crippen MR) is 121 cm³/mol. The molecule has 5 rings (SSSR count). The van der Waals surface area contributed by atoms with Gasteiger partial charge in [0.05, 0.1) is 35.9 Å². The fraction of sp³-hybridized carbons (Fsp3) is 0.174. The van der Waals surface area contributed by atoms with Crippen LogP contribution in [-0.4, -0.2) is 34.1 Å². The first-order valence-corrected chi connectivity index (χ1v) is 10.3. The molecular formula is C23H20ClN5O2. The number of imidazole rings is 1. The molecule has 0 saturated heterocycles. The molecule has 4 aromatic rings. The van der Waals surface area contributed by atoms with Gasteiger partial charge in [0.1, 0.15) is 11.6 Å². The topological polar surface area (TPSA) is 72.3 Å². The lowest BCUT2D eigenvalue weighted by Gasteiger charge is -2.30. The first kappa shape index (κ1) is 19.4. The van der Waals surface area contributed by atoms with Crippen molar-refractivity contribution in [2.24, 2.45) is 0 Å². The Morgan fingerprint density at radius 3 is 2.87 bits per heavy atom. The van der Waals surface area contributed by atoms with Crippen molar-refractivity contribution in [1.29, 1.82) is 0 Å². The van der Waals surface area contributed by atoms with Crippen molar-refractivity contribution in [1.82, 2.24) is 14.5 Å². The molecule has 0 radical (unpaired) electrons. The van der Waals surface area contributed by atoms with E-state index in [0.29, 0.717) is 28.6 Å². The van der Waals surface area contributed by atoms with E-state index in [9.17, 15) is 4.79 Å². The number of nitrogens with zero attached hydrogens (tertiary/aromatic N) is 4. The zero-order valence-electron chi connectivity index (χ0n) is 16.9. The molecular weight excluding hydrogens is 414 g/mol. The standard InChI is InChI=1S/C23H20ClN5O2/c1-31-21-12-17(5-6-18(21)27-23(30)15-3-2-8-25-13-15)28-9-10-29-20-7-4-16(24)11-19(20)26-22(29)14-28/h2-8,11-13H,9-10,14H2,1H3,(H,27,30). The van der Waals surface area contributed by atoms with Crippen molar-refractivity contribution < 1.29 is 9.53 Å². The number of methoxy groups -OCH3 is 1. The van der Waals surface area contributed by atoms with E-state index >= 15 is 0 Å². The van der Waals surface area contributed by atoms with E-state index in [2.05, 4.69) is 19.8 Å². The summed E-state index contributed by atoms with van der Waals surface area (Å²) in [6.07, 6.45) is 3.16. The highest BCUT2D eigenvalue weighted by molar-refractivity contribution is 6.31. The van der Waals surface area contributed by atoms with E-state index in [1.807, 2.05) is 36.4 Å². The van der Waals surface area contributed by atoms with Crippen LogP contribution in [0.15, 0.2) is 60.9 Å². The third-order valence-corrected chi connectivity index (χ3v) is 5.67. The maximum atomic E-state index is 12.5. The molecule has 3 heterocycles. The molecule has 0 atom stereocenters. The monoisotopic (exact) mass is 433 g/mol. The summed E-state index contributed by atoms with van der Waals surface area (Å²) >= 11 is 6.12. The Kier molecular flexibility index (Phi) is 4.95. The van der Waals surface area contributed by atoms with Crippen LogP contribution in [-0.2, 0) is 13.1 Å². The molecule has 1 aliphatic heterocycles. The summed E-state index contributed by atoms with van der Waals surface area (Å²) in [7, 11) is 1.60. The van der Waals surface area contributed by atoms with Crippen LogP contribution in [0.2, 0.25) is 5.02 Å². The summed E-state index contributed by atoms with van der Waals surface area (Å²) in [6, 6.07) is 15.0. The number of benzene rings is 2. The first-order valence-electron chi connectivity index (χ1n) is 9.91. The Morgan fingerprint density at radius 1 is 1.16 bits per heavy atom. The zero-order chi connectivity index (χ0) is 21.4. The summed E-state index contributed by atoms with van der Waals surface area (Å²) in [5.74, 6) is 1.36. The van der Waals surface area contributed by atoms with Crippen molar-refractivity contribution in [3.63, 3.8) is 0 Å². The van der Waals surface area contributed by atoms with Gasteiger partial charge < -0.3 is 19.5 Å². The number of carbonyl (C=O) groups excluding carboxylic acids is 1. The van der Waals surface area contributed by atoms with Gasteiger partial charge in [0.2, 0.25) is 0 Å². The largest absolute Gasteiger partial charge is 0.494 e.